The minimum Gasteiger partial charge on any atom is -0.487 e. The van der Waals surface area contributed by atoms with Crippen LogP contribution >= 0.6 is 15.9 Å². The van der Waals surface area contributed by atoms with E-state index in [-0.39, 0.29) is 12.2 Å². The molecule has 2 aromatic heterocycles. The smallest absolute Gasteiger partial charge is 0.336 e. The van der Waals surface area contributed by atoms with Gasteiger partial charge in [-0.05, 0) is 46.3 Å². The Bertz CT molecular complexity index is 781. The maximum Gasteiger partial charge on any atom is 0.336 e. The minimum absolute atomic E-state index is 0.169. The maximum absolute atomic E-state index is 11.1. The van der Waals surface area contributed by atoms with Crippen LogP contribution in [0.3, 0.4) is 0 Å². The lowest BCUT2D eigenvalue weighted by molar-refractivity contribution is 0.0695. The van der Waals surface area contributed by atoms with Gasteiger partial charge in [0.1, 0.15) is 18.0 Å². The molecule has 0 unspecified atom stereocenters. The van der Waals surface area contributed by atoms with Crippen LogP contribution in [-0.2, 0) is 6.61 Å². The number of aromatic carboxylic acids is 1. The van der Waals surface area contributed by atoms with Crippen LogP contribution in [0.25, 0.3) is 5.65 Å². The maximum atomic E-state index is 11.1. The van der Waals surface area contributed by atoms with Gasteiger partial charge >= 0.3 is 5.97 Å². The van der Waals surface area contributed by atoms with Gasteiger partial charge in [0.15, 0.2) is 0 Å². The molecule has 0 amide bonds. The van der Waals surface area contributed by atoms with Crippen molar-refractivity contribution in [2.24, 2.45) is 0 Å². The fraction of sp³-hybridized carbons (Fsp3) is 0.0667. The highest BCUT2D eigenvalue weighted by atomic mass is 79.9. The van der Waals surface area contributed by atoms with Crippen LogP contribution in [0.2, 0.25) is 0 Å². The number of fused-ring (bicyclic) bond motifs is 1. The molecule has 0 aliphatic carbocycles. The van der Waals surface area contributed by atoms with E-state index in [0.717, 1.165) is 11.3 Å². The Morgan fingerprint density at radius 2 is 2.19 bits per heavy atom. The fourth-order valence-electron chi connectivity index (χ4n) is 1.97. The number of hydrogen-bond donors (Lipinski definition) is 1. The van der Waals surface area contributed by atoms with Gasteiger partial charge in [0.25, 0.3) is 0 Å². The first-order chi connectivity index (χ1) is 10.1. The highest BCUT2D eigenvalue weighted by molar-refractivity contribution is 9.10. The number of imidazole rings is 1. The van der Waals surface area contributed by atoms with Crippen molar-refractivity contribution in [1.82, 2.24) is 9.38 Å². The van der Waals surface area contributed by atoms with Gasteiger partial charge in [-0.2, -0.15) is 0 Å². The Morgan fingerprint density at radius 3 is 2.95 bits per heavy atom. The summed E-state index contributed by atoms with van der Waals surface area (Å²) in [4.78, 5) is 15.5. The molecule has 0 spiro atoms. The molecule has 5 nitrogen and oxygen atoms in total. The summed E-state index contributed by atoms with van der Waals surface area (Å²) < 4.78 is 8.04. The number of aromatic nitrogens is 2. The number of carboxylic acid groups (broad SMARTS) is 1. The Hall–Kier alpha value is -2.34. The summed E-state index contributed by atoms with van der Waals surface area (Å²) in [7, 11) is 0. The van der Waals surface area contributed by atoms with E-state index >= 15 is 0 Å². The molecule has 106 valence electrons. The SMILES string of the molecule is O=C(O)c1cc(OCc2cn3ccccc3n2)ccc1Br. The van der Waals surface area contributed by atoms with Crippen molar-refractivity contribution >= 4 is 27.5 Å². The lowest BCUT2D eigenvalue weighted by Crippen LogP contribution is -2.00. The van der Waals surface area contributed by atoms with E-state index in [1.807, 2.05) is 35.0 Å². The van der Waals surface area contributed by atoms with Crippen LogP contribution < -0.4 is 4.74 Å². The number of carboxylic acids is 1. The molecule has 2 heterocycles. The molecule has 1 N–H and O–H groups in total. The molecule has 0 saturated carbocycles. The lowest BCUT2D eigenvalue weighted by atomic mass is 10.2. The zero-order valence-electron chi connectivity index (χ0n) is 10.9. The number of benzene rings is 1. The van der Waals surface area contributed by atoms with Gasteiger partial charge in [0.05, 0.1) is 11.3 Å². The third-order valence-corrected chi connectivity index (χ3v) is 3.66. The Labute approximate surface area is 128 Å². The van der Waals surface area contributed by atoms with Crippen LogP contribution in [0.4, 0.5) is 0 Å². The molecule has 0 aliphatic rings. The molecule has 0 fully saturated rings. The van der Waals surface area contributed by atoms with Crippen molar-refractivity contribution in [3.8, 4) is 5.75 Å². The van der Waals surface area contributed by atoms with Crippen molar-refractivity contribution < 1.29 is 14.6 Å². The van der Waals surface area contributed by atoms with Gasteiger partial charge in [0, 0.05) is 16.9 Å². The predicted octanol–water partition coefficient (Wildman–Crippen LogP) is 3.37. The Kier molecular flexibility index (Phi) is 3.62. The van der Waals surface area contributed by atoms with Crippen LogP contribution in [0, 0.1) is 0 Å². The Morgan fingerprint density at radius 1 is 1.33 bits per heavy atom. The van der Waals surface area contributed by atoms with Crippen molar-refractivity contribution in [3.63, 3.8) is 0 Å². The number of ether oxygens (including phenoxy) is 1. The van der Waals surface area contributed by atoms with E-state index in [4.69, 9.17) is 9.84 Å². The van der Waals surface area contributed by atoms with Crippen molar-refractivity contribution in [2.45, 2.75) is 6.61 Å². The number of hydrogen-bond acceptors (Lipinski definition) is 3. The predicted molar refractivity (Wildman–Crippen MR) is 80.6 cm³/mol. The van der Waals surface area contributed by atoms with Gasteiger partial charge in [0.2, 0.25) is 0 Å². The fourth-order valence-corrected chi connectivity index (χ4v) is 2.39. The van der Waals surface area contributed by atoms with Crippen molar-refractivity contribution in [2.75, 3.05) is 0 Å². The normalized spacial score (nSPS) is 10.7. The molecular weight excluding hydrogens is 336 g/mol. The largest absolute Gasteiger partial charge is 0.487 e. The molecular formula is C15H11BrN2O3. The van der Waals surface area contributed by atoms with Gasteiger partial charge in [-0.1, -0.05) is 6.07 Å². The van der Waals surface area contributed by atoms with Gasteiger partial charge < -0.3 is 14.2 Å². The van der Waals surface area contributed by atoms with Crippen LogP contribution in [-0.4, -0.2) is 20.5 Å². The summed E-state index contributed by atoms with van der Waals surface area (Å²) in [5, 5.41) is 9.07. The molecule has 0 radical (unpaired) electrons. The zero-order chi connectivity index (χ0) is 14.8. The topological polar surface area (TPSA) is 63.8 Å². The summed E-state index contributed by atoms with van der Waals surface area (Å²) in [5.41, 5.74) is 1.79. The standard InChI is InChI=1S/C15H11BrN2O3/c16-13-5-4-11(7-12(13)15(19)20)21-9-10-8-18-6-2-1-3-14(18)17-10/h1-8H,9H2,(H,19,20). The first-order valence-electron chi connectivity index (χ1n) is 6.22. The lowest BCUT2D eigenvalue weighted by Gasteiger charge is -2.06. The van der Waals surface area contributed by atoms with Gasteiger partial charge in [-0.3, -0.25) is 0 Å². The quantitative estimate of drug-likeness (QED) is 0.786. The molecule has 1 aromatic carbocycles. The van der Waals surface area contributed by atoms with E-state index in [1.54, 1.807) is 12.1 Å². The highest BCUT2D eigenvalue weighted by Gasteiger charge is 2.10. The summed E-state index contributed by atoms with van der Waals surface area (Å²) >= 11 is 3.20. The molecule has 0 aliphatic heterocycles. The minimum atomic E-state index is -1.000. The molecule has 0 saturated heterocycles. The van der Waals surface area contributed by atoms with Crippen molar-refractivity contribution in [3.05, 3.63) is 64.5 Å². The summed E-state index contributed by atoms with van der Waals surface area (Å²) in [6, 6.07) is 10.6. The van der Waals surface area contributed by atoms with Gasteiger partial charge in [-0.25, -0.2) is 9.78 Å². The number of nitrogens with zero attached hydrogens (tertiary/aromatic N) is 2. The number of rotatable bonds is 4. The van der Waals surface area contributed by atoms with E-state index in [2.05, 4.69) is 20.9 Å². The van der Waals surface area contributed by atoms with Crippen molar-refractivity contribution in [1.29, 1.82) is 0 Å². The Balaban J connectivity index is 1.78. The molecule has 0 bridgehead atoms. The second-order valence-electron chi connectivity index (χ2n) is 4.43. The van der Waals surface area contributed by atoms with E-state index in [1.165, 1.54) is 6.07 Å². The first-order valence-corrected chi connectivity index (χ1v) is 7.01. The zero-order valence-corrected chi connectivity index (χ0v) is 12.4. The third-order valence-electron chi connectivity index (χ3n) is 2.97. The van der Waals surface area contributed by atoms with Crippen LogP contribution in [0.5, 0.6) is 5.75 Å². The summed E-state index contributed by atoms with van der Waals surface area (Å²) in [6.07, 6.45) is 3.79. The number of halogens is 1. The van der Waals surface area contributed by atoms with Crippen LogP contribution in [0.15, 0.2) is 53.3 Å². The second kappa shape index (κ2) is 5.57. The highest BCUT2D eigenvalue weighted by Crippen LogP contribution is 2.23. The summed E-state index contributed by atoms with van der Waals surface area (Å²) in [6.45, 7) is 0.280. The molecule has 0 atom stereocenters. The molecule has 6 heteroatoms. The third kappa shape index (κ3) is 2.90. The van der Waals surface area contributed by atoms with E-state index < -0.39 is 5.97 Å². The summed E-state index contributed by atoms with van der Waals surface area (Å²) in [5.74, 6) is -0.507. The number of pyridine rings is 1. The average molecular weight is 347 g/mol. The number of carbonyl (C=O) groups is 1. The van der Waals surface area contributed by atoms with Crippen LogP contribution in [0.1, 0.15) is 16.1 Å². The van der Waals surface area contributed by atoms with E-state index in [9.17, 15) is 4.79 Å². The van der Waals surface area contributed by atoms with E-state index in [0.29, 0.717) is 10.2 Å². The second-order valence-corrected chi connectivity index (χ2v) is 5.29. The monoisotopic (exact) mass is 346 g/mol. The molecule has 3 aromatic rings. The van der Waals surface area contributed by atoms with Gasteiger partial charge in [-0.15, -0.1) is 0 Å². The molecule has 21 heavy (non-hydrogen) atoms. The first kappa shape index (κ1) is 13.6. The molecule has 3 rings (SSSR count). The average Bonchev–Trinajstić information content (AvgIpc) is 2.89.